The van der Waals surface area contributed by atoms with E-state index in [1.54, 1.807) is 0 Å². The van der Waals surface area contributed by atoms with Gasteiger partial charge in [0.05, 0.1) is 11.4 Å². The first-order valence-electron chi connectivity index (χ1n) is 13.2. The van der Waals surface area contributed by atoms with Gasteiger partial charge in [0.15, 0.2) is 11.2 Å². The molecule has 0 atom stereocenters. The molecule has 8 rings (SSSR count). The maximum Gasteiger partial charge on any atom is 0.159 e. The second-order valence-electron chi connectivity index (χ2n) is 9.90. The lowest BCUT2D eigenvalue weighted by Gasteiger charge is -2.25. The highest BCUT2D eigenvalue weighted by molar-refractivity contribution is 9.10. The van der Waals surface area contributed by atoms with Crippen LogP contribution in [0.1, 0.15) is 0 Å². The van der Waals surface area contributed by atoms with E-state index in [0.717, 1.165) is 76.5 Å². The topological polar surface area (TPSA) is 29.5 Å². The summed E-state index contributed by atoms with van der Waals surface area (Å²) in [7, 11) is 0. The first kappa shape index (κ1) is 23.1. The van der Waals surface area contributed by atoms with Crippen molar-refractivity contribution < 1.29 is 8.83 Å². The Morgan fingerprint density at radius 3 is 1.55 bits per heavy atom. The molecule has 0 spiro atoms. The van der Waals surface area contributed by atoms with E-state index in [9.17, 15) is 0 Å². The van der Waals surface area contributed by atoms with Gasteiger partial charge in [-0.3, -0.25) is 0 Å². The summed E-state index contributed by atoms with van der Waals surface area (Å²) in [6.07, 6.45) is 0. The molecule has 6 aromatic carbocycles. The summed E-state index contributed by atoms with van der Waals surface area (Å²) >= 11 is 3.60. The zero-order valence-electron chi connectivity index (χ0n) is 21.3. The third kappa shape index (κ3) is 3.64. The van der Waals surface area contributed by atoms with E-state index in [1.165, 1.54) is 0 Å². The number of benzene rings is 6. The Balaban J connectivity index is 1.39. The summed E-state index contributed by atoms with van der Waals surface area (Å²) in [6.45, 7) is 0. The normalized spacial score (nSPS) is 11.6. The van der Waals surface area contributed by atoms with Gasteiger partial charge in [-0.15, -0.1) is 0 Å². The van der Waals surface area contributed by atoms with Crippen LogP contribution in [0.4, 0.5) is 17.1 Å². The van der Waals surface area contributed by atoms with Gasteiger partial charge in [-0.1, -0.05) is 101 Å². The first-order valence-corrected chi connectivity index (χ1v) is 14.0. The summed E-state index contributed by atoms with van der Waals surface area (Å²) in [5.74, 6) is 0. The zero-order valence-corrected chi connectivity index (χ0v) is 22.9. The quantitative estimate of drug-likeness (QED) is 0.207. The molecule has 0 saturated heterocycles. The third-order valence-electron chi connectivity index (χ3n) is 7.53. The molecule has 0 amide bonds. The predicted octanol–water partition coefficient (Wildman–Crippen LogP) is 11.4. The zero-order chi connectivity index (χ0) is 26.6. The fourth-order valence-electron chi connectivity index (χ4n) is 5.70. The predicted molar refractivity (Wildman–Crippen MR) is 169 cm³/mol. The minimum atomic E-state index is 0.841. The Hall–Kier alpha value is -4.80. The van der Waals surface area contributed by atoms with Gasteiger partial charge in [0.1, 0.15) is 11.2 Å². The van der Waals surface area contributed by atoms with Crippen molar-refractivity contribution in [3.63, 3.8) is 0 Å². The van der Waals surface area contributed by atoms with Gasteiger partial charge >= 0.3 is 0 Å². The van der Waals surface area contributed by atoms with E-state index in [-0.39, 0.29) is 0 Å². The fraction of sp³-hybridized carbons (Fsp3) is 0. The van der Waals surface area contributed by atoms with Crippen LogP contribution >= 0.6 is 15.9 Å². The lowest BCUT2D eigenvalue weighted by atomic mass is 10.0. The number of anilines is 3. The minimum Gasteiger partial charge on any atom is -0.454 e. The average molecular weight is 580 g/mol. The van der Waals surface area contributed by atoms with Crippen LogP contribution in [0.5, 0.6) is 0 Å². The van der Waals surface area contributed by atoms with Crippen molar-refractivity contribution in [3.05, 3.63) is 138 Å². The molecule has 0 bridgehead atoms. The third-order valence-corrected chi connectivity index (χ3v) is 8.03. The molecule has 0 saturated carbocycles. The molecule has 40 heavy (non-hydrogen) atoms. The molecule has 8 aromatic rings. The summed E-state index contributed by atoms with van der Waals surface area (Å²) < 4.78 is 14.1. The number of hydrogen-bond donors (Lipinski definition) is 0. The van der Waals surface area contributed by atoms with Crippen LogP contribution in [0.25, 0.3) is 55.0 Å². The standard InChI is InChI=1S/C36H22BrNO2/c37-25-9-5-8-24(22-25)23-18-20-26(21-19-23)38(31-14-6-12-29-27-10-1-3-16-33(27)39-35(29)31)32-15-7-13-30-28-11-2-4-17-34(28)40-36(30)32/h1-22H. The first-order chi connectivity index (χ1) is 19.7. The number of nitrogens with zero attached hydrogens (tertiary/aromatic N) is 1. The number of fused-ring (bicyclic) bond motifs is 6. The second kappa shape index (κ2) is 9.15. The Kier molecular flexibility index (Phi) is 5.29. The van der Waals surface area contributed by atoms with Crippen molar-refractivity contribution >= 4 is 76.9 Å². The van der Waals surface area contributed by atoms with Crippen LogP contribution in [0.3, 0.4) is 0 Å². The van der Waals surface area contributed by atoms with Gasteiger partial charge in [-0.2, -0.15) is 0 Å². The van der Waals surface area contributed by atoms with Gasteiger partial charge in [-0.05, 0) is 59.7 Å². The van der Waals surface area contributed by atoms with Crippen LogP contribution in [-0.2, 0) is 0 Å². The van der Waals surface area contributed by atoms with Crippen molar-refractivity contribution in [1.29, 1.82) is 0 Å². The highest BCUT2D eigenvalue weighted by atomic mass is 79.9. The Morgan fingerprint density at radius 2 is 0.975 bits per heavy atom. The molecule has 0 radical (unpaired) electrons. The smallest absolute Gasteiger partial charge is 0.159 e. The van der Waals surface area contributed by atoms with Gasteiger partial charge in [-0.25, -0.2) is 0 Å². The molecule has 2 aromatic heterocycles. The van der Waals surface area contributed by atoms with Gasteiger partial charge in [0.25, 0.3) is 0 Å². The van der Waals surface area contributed by atoms with Crippen LogP contribution in [0, 0.1) is 0 Å². The number of halogens is 1. The van der Waals surface area contributed by atoms with E-state index >= 15 is 0 Å². The lowest BCUT2D eigenvalue weighted by Crippen LogP contribution is -2.10. The number of hydrogen-bond acceptors (Lipinski definition) is 3. The van der Waals surface area contributed by atoms with E-state index in [1.807, 2.05) is 30.3 Å². The summed E-state index contributed by atoms with van der Waals surface area (Å²) in [5.41, 5.74) is 8.66. The molecule has 2 heterocycles. The van der Waals surface area contributed by atoms with Crippen molar-refractivity contribution in [2.24, 2.45) is 0 Å². The molecule has 0 N–H and O–H groups in total. The van der Waals surface area contributed by atoms with Crippen molar-refractivity contribution in [3.8, 4) is 11.1 Å². The Morgan fingerprint density at radius 1 is 0.450 bits per heavy atom. The van der Waals surface area contributed by atoms with Crippen molar-refractivity contribution in [2.45, 2.75) is 0 Å². The monoisotopic (exact) mass is 579 g/mol. The molecule has 0 aliphatic rings. The number of rotatable bonds is 4. The van der Waals surface area contributed by atoms with Crippen molar-refractivity contribution in [1.82, 2.24) is 0 Å². The highest BCUT2D eigenvalue weighted by Gasteiger charge is 2.23. The summed E-state index contributed by atoms with van der Waals surface area (Å²) in [4.78, 5) is 2.25. The maximum absolute atomic E-state index is 6.51. The number of furan rings is 2. The molecule has 0 fully saturated rings. The fourth-order valence-corrected chi connectivity index (χ4v) is 6.09. The minimum absolute atomic E-state index is 0.841. The molecule has 0 aliphatic heterocycles. The molecular formula is C36H22BrNO2. The summed E-state index contributed by atoms with van der Waals surface area (Å²) in [6, 6.07) is 46.1. The SMILES string of the molecule is Brc1cccc(-c2ccc(N(c3cccc4c3oc3ccccc34)c3cccc4c3oc3ccccc34)cc2)c1. The van der Waals surface area contributed by atoms with E-state index in [2.05, 4.69) is 124 Å². The molecule has 190 valence electrons. The average Bonchev–Trinajstić information content (AvgIpc) is 3.57. The van der Waals surface area contributed by atoms with E-state index in [4.69, 9.17) is 8.83 Å². The molecule has 4 heteroatoms. The lowest BCUT2D eigenvalue weighted by molar-refractivity contribution is 0.666. The van der Waals surface area contributed by atoms with Crippen LogP contribution < -0.4 is 4.90 Å². The largest absolute Gasteiger partial charge is 0.454 e. The second-order valence-corrected chi connectivity index (χ2v) is 10.8. The van der Waals surface area contributed by atoms with Gasteiger partial charge in [0, 0.05) is 31.7 Å². The van der Waals surface area contributed by atoms with E-state index < -0.39 is 0 Å². The molecule has 0 aliphatic carbocycles. The molecule has 0 unspecified atom stereocenters. The highest BCUT2D eigenvalue weighted by Crippen LogP contribution is 2.46. The number of para-hydroxylation sites is 4. The van der Waals surface area contributed by atoms with Gasteiger partial charge in [0.2, 0.25) is 0 Å². The van der Waals surface area contributed by atoms with Gasteiger partial charge < -0.3 is 13.7 Å². The van der Waals surface area contributed by atoms with E-state index in [0.29, 0.717) is 0 Å². The molecular weight excluding hydrogens is 558 g/mol. The maximum atomic E-state index is 6.51. The molecule has 3 nitrogen and oxygen atoms in total. The van der Waals surface area contributed by atoms with Crippen LogP contribution in [-0.4, -0.2) is 0 Å². The Labute approximate surface area is 239 Å². The van der Waals surface area contributed by atoms with Crippen LogP contribution in [0.15, 0.2) is 147 Å². The van der Waals surface area contributed by atoms with Crippen LogP contribution in [0.2, 0.25) is 0 Å². The van der Waals surface area contributed by atoms with Crippen molar-refractivity contribution in [2.75, 3.05) is 4.90 Å². The Bertz CT molecular complexity index is 2080. The summed E-state index contributed by atoms with van der Waals surface area (Å²) in [5, 5.41) is 4.37.